The summed E-state index contributed by atoms with van der Waals surface area (Å²) in [6.07, 6.45) is 2.52. The van der Waals surface area contributed by atoms with Crippen LogP contribution in [-0.4, -0.2) is 52.8 Å². The third-order valence-electron chi connectivity index (χ3n) is 5.86. The van der Waals surface area contributed by atoms with E-state index in [0.29, 0.717) is 6.54 Å². The fraction of sp³-hybridized carbons (Fsp3) is 0.579. The molecular formula is C19H25N3O2. The summed E-state index contributed by atoms with van der Waals surface area (Å²) in [5.41, 5.74) is 3.85. The number of benzene rings is 1. The van der Waals surface area contributed by atoms with Crippen molar-refractivity contribution in [1.82, 2.24) is 15.1 Å². The van der Waals surface area contributed by atoms with E-state index in [9.17, 15) is 9.59 Å². The van der Waals surface area contributed by atoms with E-state index in [1.54, 1.807) is 0 Å². The first kappa shape index (κ1) is 15.6. The van der Waals surface area contributed by atoms with Crippen molar-refractivity contribution in [2.75, 3.05) is 13.1 Å². The predicted molar refractivity (Wildman–Crippen MR) is 91.4 cm³/mol. The molecule has 3 aliphatic heterocycles. The first-order valence-corrected chi connectivity index (χ1v) is 8.95. The lowest BCUT2D eigenvalue weighted by Gasteiger charge is -2.38. The first-order valence-electron chi connectivity index (χ1n) is 8.95. The van der Waals surface area contributed by atoms with Crippen molar-refractivity contribution in [2.45, 2.75) is 57.8 Å². The Morgan fingerprint density at radius 3 is 2.67 bits per heavy atom. The highest BCUT2D eigenvalue weighted by molar-refractivity contribution is 5.98. The third kappa shape index (κ3) is 2.51. The molecule has 5 heteroatoms. The van der Waals surface area contributed by atoms with E-state index in [1.165, 1.54) is 16.7 Å². The smallest absolute Gasteiger partial charge is 0.246 e. The standard InChI is InChI=1S/C19H25N3O2/c1-12-5-6-14(8-13(12)2)10-20-15-9-17-19(24)21-7-3-4-16(21)18(23)22(17)11-15/h5-6,8,15-17,20H,3-4,7,9-11H2,1-2H3/t15-,16+,17-/m0/s1. The first-order chi connectivity index (χ1) is 11.5. The van der Waals surface area contributed by atoms with Crippen LogP contribution in [0.4, 0.5) is 0 Å². The summed E-state index contributed by atoms with van der Waals surface area (Å²) in [7, 11) is 0. The van der Waals surface area contributed by atoms with Crippen molar-refractivity contribution in [2.24, 2.45) is 0 Å². The van der Waals surface area contributed by atoms with Gasteiger partial charge in [0.05, 0.1) is 0 Å². The molecule has 0 radical (unpaired) electrons. The Hall–Kier alpha value is -1.88. The minimum absolute atomic E-state index is 0.160. The van der Waals surface area contributed by atoms with Gasteiger partial charge in [-0.1, -0.05) is 18.2 Å². The van der Waals surface area contributed by atoms with Crippen LogP contribution in [0, 0.1) is 13.8 Å². The summed E-state index contributed by atoms with van der Waals surface area (Å²) < 4.78 is 0. The molecule has 1 N–H and O–H groups in total. The molecule has 3 heterocycles. The van der Waals surface area contributed by atoms with Crippen molar-refractivity contribution in [3.8, 4) is 0 Å². The van der Waals surface area contributed by atoms with Crippen LogP contribution in [0.1, 0.15) is 36.0 Å². The van der Waals surface area contributed by atoms with E-state index in [4.69, 9.17) is 0 Å². The molecule has 1 aromatic carbocycles. The predicted octanol–water partition coefficient (Wildman–Crippen LogP) is 1.37. The van der Waals surface area contributed by atoms with Gasteiger partial charge in [0.2, 0.25) is 11.8 Å². The lowest BCUT2D eigenvalue weighted by atomic mass is 10.0. The number of aryl methyl sites for hydroxylation is 2. The van der Waals surface area contributed by atoms with Crippen LogP contribution in [0.5, 0.6) is 0 Å². The van der Waals surface area contributed by atoms with Crippen LogP contribution >= 0.6 is 0 Å². The summed E-state index contributed by atoms with van der Waals surface area (Å²) in [6.45, 7) is 6.43. The lowest BCUT2D eigenvalue weighted by molar-refractivity contribution is -0.156. The number of amides is 2. The molecule has 3 saturated heterocycles. The van der Waals surface area contributed by atoms with E-state index < -0.39 is 0 Å². The number of nitrogens with one attached hydrogen (secondary N) is 1. The fourth-order valence-electron chi connectivity index (χ4n) is 4.31. The molecule has 128 valence electrons. The van der Waals surface area contributed by atoms with E-state index in [1.807, 2.05) is 9.80 Å². The molecule has 5 nitrogen and oxygen atoms in total. The highest BCUT2D eigenvalue weighted by Gasteiger charge is 2.51. The quantitative estimate of drug-likeness (QED) is 0.912. The number of hydrogen-bond acceptors (Lipinski definition) is 3. The average Bonchev–Trinajstić information content (AvgIpc) is 3.21. The topological polar surface area (TPSA) is 52.7 Å². The van der Waals surface area contributed by atoms with E-state index in [-0.39, 0.29) is 29.9 Å². The summed E-state index contributed by atoms with van der Waals surface area (Å²) in [5, 5.41) is 3.54. The van der Waals surface area contributed by atoms with Crippen molar-refractivity contribution in [3.63, 3.8) is 0 Å². The number of nitrogens with zero attached hydrogens (tertiary/aromatic N) is 2. The lowest BCUT2D eigenvalue weighted by Crippen LogP contribution is -2.60. The van der Waals surface area contributed by atoms with Gasteiger partial charge in [-0.15, -0.1) is 0 Å². The maximum absolute atomic E-state index is 12.6. The minimum Gasteiger partial charge on any atom is -0.329 e. The highest BCUT2D eigenvalue weighted by Crippen LogP contribution is 2.32. The van der Waals surface area contributed by atoms with Gasteiger partial charge < -0.3 is 15.1 Å². The van der Waals surface area contributed by atoms with Gasteiger partial charge in [0.25, 0.3) is 0 Å². The largest absolute Gasteiger partial charge is 0.329 e. The van der Waals surface area contributed by atoms with Gasteiger partial charge in [-0.2, -0.15) is 0 Å². The molecular weight excluding hydrogens is 302 g/mol. The molecule has 0 aromatic heterocycles. The molecule has 0 unspecified atom stereocenters. The molecule has 0 bridgehead atoms. The molecule has 0 aliphatic carbocycles. The monoisotopic (exact) mass is 327 g/mol. The van der Waals surface area contributed by atoms with Gasteiger partial charge in [-0.3, -0.25) is 9.59 Å². The van der Waals surface area contributed by atoms with Crippen molar-refractivity contribution in [3.05, 3.63) is 34.9 Å². The van der Waals surface area contributed by atoms with Gasteiger partial charge >= 0.3 is 0 Å². The number of hydrogen-bond donors (Lipinski definition) is 1. The molecule has 0 spiro atoms. The molecule has 3 atom stereocenters. The van der Waals surface area contributed by atoms with Gasteiger partial charge in [0.15, 0.2) is 0 Å². The van der Waals surface area contributed by atoms with E-state index >= 15 is 0 Å². The van der Waals surface area contributed by atoms with Crippen molar-refractivity contribution < 1.29 is 9.59 Å². The molecule has 3 aliphatic rings. The number of fused-ring (bicyclic) bond motifs is 2. The minimum atomic E-state index is -0.246. The van der Waals surface area contributed by atoms with Crippen molar-refractivity contribution >= 4 is 11.8 Å². The Labute approximate surface area is 143 Å². The van der Waals surface area contributed by atoms with Crippen LogP contribution in [0.15, 0.2) is 18.2 Å². The molecule has 0 saturated carbocycles. The van der Waals surface area contributed by atoms with Gasteiger partial charge in [0.1, 0.15) is 12.1 Å². The Morgan fingerprint density at radius 1 is 1.08 bits per heavy atom. The molecule has 3 fully saturated rings. The van der Waals surface area contributed by atoms with E-state index in [2.05, 4.69) is 37.4 Å². The highest BCUT2D eigenvalue weighted by atomic mass is 16.2. The van der Waals surface area contributed by atoms with Crippen LogP contribution < -0.4 is 5.32 Å². The fourth-order valence-corrected chi connectivity index (χ4v) is 4.31. The van der Waals surface area contributed by atoms with Crippen LogP contribution in [0.2, 0.25) is 0 Å². The zero-order chi connectivity index (χ0) is 16.8. The summed E-state index contributed by atoms with van der Waals surface area (Å²) >= 11 is 0. The van der Waals surface area contributed by atoms with Gasteiger partial charge in [-0.25, -0.2) is 0 Å². The summed E-state index contributed by atoms with van der Waals surface area (Å²) in [6, 6.07) is 6.26. The van der Waals surface area contributed by atoms with Crippen molar-refractivity contribution in [1.29, 1.82) is 0 Å². The zero-order valence-electron chi connectivity index (χ0n) is 14.4. The Balaban J connectivity index is 1.42. The molecule has 24 heavy (non-hydrogen) atoms. The number of rotatable bonds is 3. The SMILES string of the molecule is Cc1ccc(CN[C@H]2C[C@H]3C(=O)N4CCC[C@@H]4C(=O)N3C2)cc1C. The van der Waals surface area contributed by atoms with E-state index in [0.717, 1.165) is 32.4 Å². The number of carbonyl (C=O) groups excluding carboxylic acids is 2. The van der Waals surface area contributed by atoms with Crippen LogP contribution in [0.3, 0.4) is 0 Å². The Bertz CT molecular complexity index is 657. The second-order valence-corrected chi connectivity index (χ2v) is 7.43. The number of carbonyl (C=O) groups is 2. The maximum Gasteiger partial charge on any atom is 0.246 e. The second kappa shape index (κ2) is 5.88. The van der Waals surface area contributed by atoms with Gasteiger partial charge in [0, 0.05) is 25.7 Å². The maximum atomic E-state index is 12.6. The van der Waals surface area contributed by atoms with Crippen LogP contribution in [0.25, 0.3) is 0 Å². The second-order valence-electron chi connectivity index (χ2n) is 7.43. The molecule has 2 amide bonds. The average molecular weight is 327 g/mol. The summed E-state index contributed by atoms with van der Waals surface area (Å²) in [4.78, 5) is 28.9. The Kier molecular flexibility index (Phi) is 3.83. The summed E-state index contributed by atoms with van der Waals surface area (Å²) in [5.74, 6) is 0.320. The Morgan fingerprint density at radius 2 is 1.88 bits per heavy atom. The molecule has 1 aromatic rings. The van der Waals surface area contributed by atoms with Gasteiger partial charge in [-0.05, 0) is 49.8 Å². The van der Waals surface area contributed by atoms with Crippen LogP contribution in [-0.2, 0) is 16.1 Å². The molecule has 4 rings (SSSR count). The third-order valence-corrected chi connectivity index (χ3v) is 5.86. The normalized spacial score (nSPS) is 29.2. The zero-order valence-corrected chi connectivity index (χ0v) is 14.4. The number of piperazine rings is 1.